The van der Waals surface area contributed by atoms with Gasteiger partial charge >= 0.3 is 5.97 Å². The number of nitriles is 2. The van der Waals surface area contributed by atoms with E-state index < -0.39 is 12.0 Å². The first kappa shape index (κ1) is 34.9. The largest absolute Gasteiger partial charge is 0.464 e. The molecular formula is C35H34ClN7O3S2. The predicted octanol–water partition coefficient (Wildman–Crippen LogP) is 6.10. The van der Waals surface area contributed by atoms with Gasteiger partial charge in [-0.1, -0.05) is 59.8 Å². The van der Waals surface area contributed by atoms with Gasteiger partial charge in [-0.3, -0.25) is 4.79 Å². The Morgan fingerprint density at radius 1 is 1.08 bits per heavy atom. The lowest BCUT2D eigenvalue weighted by Gasteiger charge is -2.33. The molecule has 3 N–H and O–H groups in total. The monoisotopic (exact) mass is 699 g/mol. The van der Waals surface area contributed by atoms with Crippen LogP contribution in [0.2, 0.25) is 5.02 Å². The first-order valence-corrected chi connectivity index (χ1v) is 17.8. The Balaban J connectivity index is 1.30. The van der Waals surface area contributed by atoms with E-state index in [0.717, 1.165) is 46.9 Å². The van der Waals surface area contributed by atoms with Crippen LogP contribution in [0.1, 0.15) is 48.6 Å². The summed E-state index contributed by atoms with van der Waals surface area (Å²) in [6.07, 6.45) is 2.41. The van der Waals surface area contributed by atoms with Crippen LogP contribution >= 0.6 is 34.7 Å². The summed E-state index contributed by atoms with van der Waals surface area (Å²) >= 11 is 9.03. The molecule has 3 heterocycles. The fourth-order valence-electron chi connectivity index (χ4n) is 5.07. The van der Waals surface area contributed by atoms with Crippen molar-refractivity contribution in [3.05, 3.63) is 81.3 Å². The van der Waals surface area contributed by atoms with Crippen molar-refractivity contribution in [3.8, 4) is 33.8 Å². The van der Waals surface area contributed by atoms with E-state index in [1.807, 2.05) is 53.9 Å². The molecule has 1 aliphatic heterocycles. The number of amides is 1. The molecular weight excluding hydrogens is 666 g/mol. The van der Waals surface area contributed by atoms with Gasteiger partial charge in [-0.15, -0.1) is 11.3 Å². The number of nitrogens with two attached hydrogens (primary N) is 1. The lowest BCUT2D eigenvalue weighted by molar-refractivity contribution is -0.147. The van der Waals surface area contributed by atoms with Gasteiger partial charge in [0.15, 0.2) is 0 Å². The summed E-state index contributed by atoms with van der Waals surface area (Å²) in [7, 11) is 0. The summed E-state index contributed by atoms with van der Waals surface area (Å²) in [5.74, 6) is 0.324. The number of hydrogen-bond donors (Lipinski definition) is 2. The van der Waals surface area contributed by atoms with Crippen molar-refractivity contribution in [2.75, 3.05) is 31.1 Å². The number of nitrogens with zero attached hydrogens (tertiary/aromatic N) is 5. The van der Waals surface area contributed by atoms with Crippen molar-refractivity contribution in [1.29, 1.82) is 10.5 Å². The number of benzene rings is 2. The zero-order chi connectivity index (χ0) is 34.0. The fourth-order valence-corrected chi connectivity index (χ4v) is 7.00. The van der Waals surface area contributed by atoms with Gasteiger partial charge in [-0.2, -0.15) is 10.5 Å². The van der Waals surface area contributed by atoms with Crippen LogP contribution in [0.5, 0.6) is 0 Å². The molecule has 1 saturated heterocycles. The van der Waals surface area contributed by atoms with E-state index in [1.54, 1.807) is 18.3 Å². The third-order valence-corrected chi connectivity index (χ3v) is 9.92. The quantitative estimate of drug-likeness (QED) is 0.0895. The molecule has 0 saturated carbocycles. The van der Waals surface area contributed by atoms with E-state index >= 15 is 0 Å². The van der Waals surface area contributed by atoms with Crippen molar-refractivity contribution in [2.24, 2.45) is 5.73 Å². The number of esters is 1. The number of hydrogen-bond acceptors (Lipinski definition) is 11. The molecule has 1 atom stereocenters. The molecule has 48 heavy (non-hydrogen) atoms. The highest BCUT2D eigenvalue weighted by atomic mass is 35.5. The maximum atomic E-state index is 12.2. The Labute approximate surface area is 292 Å². The smallest absolute Gasteiger partial charge is 0.328 e. The minimum absolute atomic E-state index is 0.151. The Morgan fingerprint density at radius 3 is 2.44 bits per heavy atom. The number of aryl methyl sites for hydroxylation is 1. The van der Waals surface area contributed by atoms with Gasteiger partial charge in [0.25, 0.3) is 0 Å². The van der Waals surface area contributed by atoms with Crippen LogP contribution in [0.3, 0.4) is 0 Å². The summed E-state index contributed by atoms with van der Waals surface area (Å²) in [5, 5.41) is 27.4. The van der Waals surface area contributed by atoms with Gasteiger partial charge in [0.05, 0.1) is 17.9 Å². The number of ether oxygens (including phenoxy) is 1. The van der Waals surface area contributed by atoms with Gasteiger partial charge in [-0.05, 0) is 49.4 Å². The van der Waals surface area contributed by atoms with E-state index in [2.05, 4.69) is 22.4 Å². The number of rotatable bonds is 14. The standard InChI is InChI=1S/C35H34ClN7O3S2/c1-22(40-30(44)13-14-37)35(45)46-17-2-4-23-5-7-24(8-6-23)31-28(18-38)32(43-15-3-16-43)42-34(29(31)19-39)48-21-27-20-47-33(41-27)25-9-11-26(36)12-10-25/h5-12,20,22H,2-4,13-17,21,37H2,1H3,(H,40,44)/t22-/m0/s1. The molecule has 0 spiro atoms. The lowest BCUT2D eigenvalue weighted by Crippen LogP contribution is -2.40. The topological polar surface area (TPSA) is 158 Å². The van der Waals surface area contributed by atoms with E-state index in [0.29, 0.717) is 51.2 Å². The summed E-state index contributed by atoms with van der Waals surface area (Å²) < 4.78 is 5.33. The molecule has 0 unspecified atom stereocenters. The molecule has 4 aromatic rings. The van der Waals surface area contributed by atoms with Crippen LogP contribution in [0, 0.1) is 22.7 Å². The van der Waals surface area contributed by atoms with Crippen LogP contribution in [-0.2, 0) is 26.5 Å². The van der Waals surface area contributed by atoms with Crippen LogP contribution in [-0.4, -0.2) is 54.1 Å². The number of carbonyl (C=O) groups is 2. The molecule has 2 aromatic carbocycles. The molecule has 0 radical (unpaired) electrons. The Bertz CT molecular complexity index is 1850. The van der Waals surface area contributed by atoms with Gasteiger partial charge < -0.3 is 20.7 Å². The molecule has 1 amide bonds. The molecule has 13 heteroatoms. The average molecular weight is 700 g/mol. The maximum Gasteiger partial charge on any atom is 0.328 e. The zero-order valence-electron chi connectivity index (χ0n) is 26.4. The van der Waals surface area contributed by atoms with Crippen molar-refractivity contribution in [1.82, 2.24) is 15.3 Å². The minimum atomic E-state index is -0.745. The molecule has 1 fully saturated rings. The zero-order valence-corrected chi connectivity index (χ0v) is 28.8. The van der Waals surface area contributed by atoms with Gasteiger partial charge in [0.2, 0.25) is 5.91 Å². The number of nitrogens with one attached hydrogen (secondary N) is 1. The van der Waals surface area contributed by atoms with Crippen molar-refractivity contribution in [2.45, 2.75) is 49.4 Å². The van der Waals surface area contributed by atoms with Gasteiger partial charge in [0, 0.05) is 53.3 Å². The van der Waals surface area contributed by atoms with Crippen molar-refractivity contribution in [3.63, 3.8) is 0 Å². The molecule has 2 aromatic heterocycles. The molecule has 0 aliphatic carbocycles. The lowest BCUT2D eigenvalue weighted by atomic mass is 9.94. The second-order valence-electron chi connectivity index (χ2n) is 11.2. The minimum Gasteiger partial charge on any atom is -0.464 e. The summed E-state index contributed by atoms with van der Waals surface area (Å²) in [6, 6.07) is 19.2. The first-order valence-electron chi connectivity index (χ1n) is 15.5. The molecule has 246 valence electrons. The van der Waals surface area contributed by atoms with Gasteiger partial charge in [-0.25, -0.2) is 14.8 Å². The van der Waals surface area contributed by atoms with Crippen LogP contribution in [0.4, 0.5) is 5.82 Å². The average Bonchev–Trinajstić information content (AvgIpc) is 3.54. The SMILES string of the molecule is C[C@H](NC(=O)CCN)C(=O)OCCCc1ccc(-c2c(C#N)c(SCc3csc(-c4ccc(Cl)cc4)n3)nc(N3CCC3)c2C#N)cc1. The highest BCUT2D eigenvalue weighted by Gasteiger charge is 2.27. The van der Waals surface area contributed by atoms with Crippen LogP contribution in [0.15, 0.2) is 58.9 Å². The van der Waals surface area contributed by atoms with Gasteiger partial charge in [0.1, 0.15) is 39.6 Å². The molecule has 5 rings (SSSR count). The highest BCUT2D eigenvalue weighted by Crippen LogP contribution is 2.40. The summed E-state index contributed by atoms with van der Waals surface area (Å²) in [5.41, 5.74) is 10.3. The summed E-state index contributed by atoms with van der Waals surface area (Å²) in [4.78, 5) is 35.6. The number of pyridine rings is 1. The molecule has 0 bridgehead atoms. The Hall–Kier alpha value is -4.46. The Morgan fingerprint density at radius 2 is 1.79 bits per heavy atom. The maximum absolute atomic E-state index is 12.2. The Kier molecular flexibility index (Phi) is 12.0. The van der Waals surface area contributed by atoms with E-state index in [-0.39, 0.29) is 25.5 Å². The van der Waals surface area contributed by atoms with Crippen LogP contribution < -0.4 is 16.0 Å². The number of aromatic nitrogens is 2. The normalized spacial score (nSPS) is 12.8. The second-order valence-corrected chi connectivity index (χ2v) is 13.4. The molecule has 1 aliphatic rings. The number of halogens is 1. The van der Waals surface area contributed by atoms with E-state index in [1.165, 1.54) is 11.8 Å². The number of thioether (sulfide) groups is 1. The second kappa shape index (κ2) is 16.6. The highest BCUT2D eigenvalue weighted by molar-refractivity contribution is 7.98. The third kappa shape index (κ3) is 8.52. The van der Waals surface area contributed by atoms with E-state index in [4.69, 9.17) is 32.0 Å². The third-order valence-electron chi connectivity index (χ3n) is 7.72. The van der Waals surface area contributed by atoms with E-state index in [9.17, 15) is 20.1 Å². The number of carbonyl (C=O) groups excluding carboxylic acids is 2. The molecule has 10 nitrogen and oxygen atoms in total. The van der Waals surface area contributed by atoms with Crippen LogP contribution in [0.25, 0.3) is 21.7 Å². The van der Waals surface area contributed by atoms with Crippen molar-refractivity contribution < 1.29 is 14.3 Å². The van der Waals surface area contributed by atoms with Crippen molar-refractivity contribution >= 4 is 52.4 Å². The number of anilines is 1. The predicted molar refractivity (Wildman–Crippen MR) is 189 cm³/mol. The fraction of sp³-hybridized carbons (Fsp3) is 0.314. The first-order chi connectivity index (χ1) is 23.3. The summed E-state index contributed by atoms with van der Waals surface area (Å²) in [6.45, 7) is 3.60. The number of thiazole rings is 1.